The highest BCUT2D eigenvalue weighted by Gasteiger charge is 2.28. The quantitative estimate of drug-likeness (QED) is 0.507. The first-order valence-corrected chi connectivity index (χ1v) is 7.67. The maximum absolute atomic E-state index is 11.4. The van der Waals surface area contributed by atoms with E-state index in [-0.39, 0.29) is 0 Å². The number of nitrogens with zero attached hydrogens (tertiary/aromatic N) is 1. The predicted molar refractivity (Wildman–Crippen MR) is 91.3 cm³/mol. The van der Waals surface area contributed by atoms with Crippen LogP contribution in [0.1, 0.15) is 17.0 Å². The molecule has 1 aromatic heterocycles. The summed E-state index contributed by atoms with van der Waals surface area (Å²) >= 11 is 0. The Morgan fingerprint density at radius 3 is 2.68 bits per heavy atom. The normalized spacial score (nSPS) is 12.0. The van der Waals surface area contributed by atoms with Crippen LogP contribution in [0.4, 0.5) is 0 Å². The van der Waals surface area contributed by atoms with Gasteiger partial charge in [0.1, 0.15) is 18.3 Å². The molecule has 0 unspecified atom stereocenters. The molecule has 128 valence electrons. The van der Waals surface area contributed by atoms with E-state index in [4.69, 9.17) is 4.74 Å². The third kappa shape index (κ3) is 3.77. The van der Waals surface area contributed by atoms with Crippen molar-refractivity contribution >= 4 is 16.9 Å². The van der Waals surface area contributed by atoms with Crippen molar-refractivity contribution in [2.75, 3.05) is 6.54 Å². The van der Waals surface area contributed by atoms with Crippen molar-refractivity contribution in [2.24, 2.45) is 0 Å². The topological polar surface area (TPSA) is 105 Å². The first-order chi connectivity index (χ1) is 12.0. The first kappa shape index (κ1) is 16.5. The number of rotatable bonds is 7. The van der Waals surface area contributed by atoms with E-state index in [0.717, 1.165) is 5.56 Å². The van der Waals surface area contributed by atoms with E-state index in [9.17, 15) is 20.0 Å². The van der Waals surface area contributed by atoms with Gasteiger partial charge in [0, 0.05) is 22.0 Å². The number of ether oxygens (including phenoxy) is 1. The Balaban J connectivity index is 1.88. The molecule has 2 aromatic carbocycles. The van der Waals surface area contributed by atoms with Crippen LogP contribution in [0.3, 0.4) is 0 Å². The van der Waals surface area contributed by atoms with Crippen LogP contribution in [0.5, 0.6) is 5.75 Å². The zero-order valence-corrected chi connectivity index (χ0v) is 13.2. The number of nitrogens with one attached hydrogen (secondary N) is 1. The van der Waals surface area contributed by atoms with Gasteiger partial charge < -0.3 is 14.8 Å². The average molecular weight is 340 g/mol. The van der Waals surface area contributed by atoms with E-state index >= 15 is 0 Å². The van der Waals surface area contributed by atoms with E-state index in [1.54, 1.807) is 18.2 Å². The van der Waals surface area contributed by atoms with E-state index in [1.165, 1.54) is 6.20 Å². The number of aromatic nitrogens is 1. The molecule has 0 aliphatic rings. The van der Waals surface area contributed by atoms with Crippen LogP contribution in [-0.2, 0) is 11.4 Å². The summed E-state index contributed by atoms with van der Waals surface area (Å²) in [5.74, 6) is -1.87. The lowest BCUT2D eigenvalue weighted by Crippen LogP contribution is -2.20. The molecule has 7 heteroatoms. The van der Waals surface area contributed by atoms with Crippen molar-refractivity contribution in [3.05, 3.63) is 76.0 Å². The van der Waals surface area contributed by atoms with Gasteiger partial charge in [-0.2, -0.15) is 0 Å². The zero-order chi connectivity index (χ0) is 17.8. The van der Waals surface area contributed by atoms with Crippen LogP contribution in [0.15, 0.2) is 54.7 Å². The molecule has 25 heavy (non-hydrogen) atoms. The number of carbonyl (C=O) groups is 1. The fraction of sp³-hybridized carbons (Fsp3) is 0.167. The molecule has 7 nitrogen and oxygen atoms in total. The highest BCUT2D eigenvalue weighted by atomic mass is 16.6. The van der Waals surface area contributed by atoms with Gasteiger partial charge in [0.25, 0.3) is 0 Å². The molecule has 2 N–H and O–H groups in total. The molecule has 0 radical (unpaired) electrons. The maximum Gasteiger partial charge on any atom is 0.317 e. The lowest BCUT2D eigenvalue weighted by atomic mass is 9.98. The Morgan fingerprint density at radius 1 is 1.24 bits per heavy atom. The lowest BCUT2D eigenvalue weighted by molar-refractivity contribution is -0.481. The van der Waals surface area contributed by atoms with E-state index in [2.05, 4.69) is 4.98 Å². The number of fused-ring (bicyclic) bond motifs is 1. The highest BCUT2D eigenvalue weighted by Crippen LogP contribution is 2.29. The molecule has 0 saturated carbocycles. The van der Waals surface area contributed by atoms with Gasteiger partial charge in [-0.1, -0.05) is 30.3 Å². The van der Waals surface area contributed by atoms with Crippen molar-refractivity contribution in [1.29, 1.82) is 0 Å². The maximum atomic E-state index is 11.4. The van der Waals surface area contributed by atoms with E-state index in [0.29, 0.717) is 28.8 Å². The summed E-state index contributed by atoms with van der Waals surface area (Å²) in [5, 5.41) is 20.7. The Kier molecular flexibility index (Phi) is 4.65. The third-order valence-corrected chi connectivity index (χ3v) is 3.94. The number of carboxylic acids is 1. The number of carboxylic acid groups (broad SMARTS) is 1. The standard InChI is InChI=1S/C18H16N2O5/c21-18(22)16(10-20(23)24)15-9-19-17-7-6-13(8-14(15)17)25-11-12-4-2-1-3-5-12/h1-9,16,19H,10-11H2,(H,21,22)/t16-/m1/s1. The molecule has 1 atom stereocenters. The van der Waals surface area contributed by atoms with Gasteiger partial charge in [-0.15, -0.1) is 0 Å². The number of hydrogen-bond acceptors (Lipinski definition) is 4. The van der Waals surface area contributed by atoms with Crippen LogP contribution < -0.4 is 4.74 Å². The molecular weight excluding hydrogens is 324 g/mol. The summed E-state index contributed by atoms with van der Waals surface area (Å²) in [4.78, 5) is 24.5. The lowest BCUT2D eigenvalue weighted by Gasteiger charge is -2.09. The van der Waals surface area contributed by atoms with Crippen molar-refractivity contribution < 1.29 is 19.6 Å². The molecule has 0 amide bonds. The number of aromatic amines is 1. The van der Waals surface area contributed by atoms with Crippen LogP contribution >= 0.6 is 0 Å². The van der Waals surface area contributed by atoms with Gasteiger partial charge in [0.2, 0.25) is 6.54 Å². The number of benzene rings is 2. The monoisotopic (exact) mass is 340 g/mol. The Hall–Kier alpha value is -3.35. The van der Waals surface area contributed by atoms with Gasteiger partial charge in [-0.3, -0.25) is 14.9 Å². The van der Waals surface area contributed by atoms with Gasteiger partial charge in [-0.25, -0.2) is 0 Å². The second kappa shape index (κ2) is 7.04. The predicted octanol–water partition coefficient (Wildman–Crippen LogP) is 3.19. The Morgan fingerprint density at radius 2 is 2.00 bits per heavy atom. The molecule has 3 aromatic rings. The van der Waals surface area contributed by atoms with Crippen molar-refractivity contribution in [1.82, 2.24) is 4.98 Å². The molecule has 0 saturated heterocycles. The molecule has 3 rings (SSSR count). The number of H-pyrrole nitrogens is 1. The molecule has 0 aliphatic carbocycles. The number of hydrogen-bond donors (Lipinski definition) is 2. The second-order valence-electron chi connectivity index (χ2n) is 5.63. The van der Waals surface area contributed by atoms with Gasteiger partial charge >= 0.3 is 5.97 Å². The Bertz CT molecular complexity index is 904. The summed E-state index contributed by atoms with van der Waals surface area (Å²) in [6.07, 6.45) is 1.51. The van der Waals surface area contributed by atoms with Crippen molar-refractivity contribution in [3.8, 4) is 5.75 Å². The largest absolute Gasteiger partial charge is 0.489 e. The molecule has 1 heterocycles. The average Bonchev–Trinajstić information content (AvgIpc) is 3.01. The summed E-state index contributed by atoms with van der Waals surface area (Å²) < 4.78 is 5.75. The van der Waals surface area contributed by atoms with E-state index < -0.39 is 23.4 Å². The zero-order valence-electron chi connectivity index (χ0n) is 13.2. The van der Waals surface area contributed by atoms with Crippen molar-refractivity contribution in [2.45, 2.75) is 12.5 Å². The number of aliphatic carboxylic acids is 1. The first-order valence-electron chi connectivity index (χ1n) is 7.67. The summed E-state index contributed by atoms with van der Waals surface area (Å²) in [5.41, 5.74) is 2.09. The SMILES string of the molecule is O=C(O)[C@H](C[N+](=O)[O-])c1c[nH]c2ccc(OCc3ccccc3)cc12. The number of nitro groups is 1. The van der Waals surface area contributed by atoms with Gasteiger partial charge in [-0.05, 0) is 29.3 Å². The van der Waals surface area contributed by atoms with Gasteiger partial charge in [0.05, 0.1) is 0 Å². The molecule has 0 fully saturated rings. The van der Waals surface area contributed by atoms with Gasteiger partial charge in [0.15, 0.2) is 0 Å². The second-order valence-corrected chi connectivity index (χ2v) is 5.63. The smallest absolute Gasteiger partial charge is 0.317 e. The minimum Gasteiger partial charge on any atom is -0.489 e. The minimum atomic E-state index is -1.23. The van der Waals surface area contributed by atoms with Crippen molar-refractivity contribution in [3.63, 3.8) is 0 Å². The Labute approximate surface area is 143 Å². The molecule has 0 aliphatic heterocycles. The minimum absolute atomic E-state index is 0.378. The van der Waals surface area contributed by atoms with Crippen LogP contribution in [0.2, 0.25) is 0 Å². The van der Waals surface area contributed by atoms with Crippen LogP contribution in [0.25, 0.3) is 10.9 Å². The van der Waals surface area contributed by atoms with E-state index in [1.807, 2.05) is 30.3 Å². The fourth-order valence-corrected chi connectivity index (χ4v) is 2.70. The summed E-state index contributed by atoms with van der Waals surface area (Å²) in [7, 11) is 0. The highest BCUT2D eigenvalue weighted by molar-refractivity contribution is 5.90. The summed E-state index contributed by atoms with van der Waals surface area (Å²) in [6.45, 7) is -0.291. The molecular formula is C18H16N2O5. The fourth-order valence-electron chi connectivity index (χ4n) is 2.70. The van der Waals surface area contributed by atoms with Crippen LogP contribution in [-0.4, -0.2) is 27.5 Å². The third-order valence-electron chi connectivity index (χ3n) is 3.94. The van der Waals surface area contributed by atoms with Crippen LogP contribution in [0, 0.1) is 10.1 Å². The summed E-state index contributed by atoms with van der Waals surface area (Å²) in [6, 6.07) is 14.9. The molecule has 0 spiro atoms. The molecule has 0 bridgehead atoms.